The zero-order valence-corrected chi connectivity index (χ0v) is 14.8. The lowest BCUT2D eigenvalue weighted by Crippen LogP contribution is -2.03. The summed E-state index contributed by atoms with van der Waals surface area (Å²) in [5.41, 5.74) is 0. The van der Waals surface area contributed by atoms with E-state index in [0.717, 1.165) is 16.7 Å². The van der Waals surface area contributed by atoms with Gasteiger partial charge in [-0.05, 0) is 48.7 Å². The van der Waals surface area contributed by atoms with Crippen LogP contribution in [0.15, 0.2) is 55.1 Å². The number of furan rings is 1. The maximum atomic E-state index is 12.5. The molecule has 2 aromatic rings. The standard InChI is InChI=1S/C17H14BrNO3S/c1-11-8-16(11)17-7-4-13(22-17)9-15(10-19)23(20,21)14-5-2-12(18)3-6-14/h2-7,9,11,16H,8H2,1H3/b15-9+/t11-,16+/m1/s1. The topological polar surface area (TPSA) is 71.1 Å². The van der Waals surface area contributed by atoms with Crippen LogP contribution in [-0.2, 0) is 9.84 Å². The SMILES string of the molecule is C[C@@H]1C[C@@H]1c1ccc(/C=C(\C#N)S(=O)(=O)c2ccc(Br)cc2)o1. The first kappa shape index (κ1) is 16.0. The third kappa shape index (κ3) is 3.26. The monoisotopic (exact) mass is 391 g/mol. The van der Waals surface area contributed by atoms with Gasteiger partial charge in [0.05, 0.1) is 4.90 Å². The number of allylic oxidation sites excluding steroid dienone is 1. The summed E-state index contributed by atoms with van der Waals surface area (Å²) in [5, 5.41) is 9.26. The summed E-state index contributed by atoms with van der Waals surface area (Å²) in [4.78, 5) is -0.249. The van der Waals surface area contributed by atoms with Crippen molar-refractivity contribution in [3.8, 4) is 6.07 Å². The van der Waals surface area contributed by atoms with Crippen molar-refractivity contribution in [2.75, 3.05) is 0 Å². The molecule has 1 aliphatic rings. The highest BCUT2D eigenvalue weighted by Crippen LogP contribution is 2.47. The first-order valence-electron chi connectivity index (χ1n) is 7.14. The molecule has 0 saturated heterocycles. The predicted molar refractivity (Wildman–Crippen MR) is 90.1 cm³/mol. The Hall–Kier alpha value is -1.84. The Kier molecular flexibility index (Phi) is 4.17. The minimum Gasteiger partial charge on any atom is -0.461 e. The summed E-state index contributed by atoms with van der Waals surface area (Å²) < 4.78 is 31.5. The van der Waals surface area contributed by atoms with Gasteiger partial charge in [-0.15, -0.1) is 0 Å². The first-order chi connectivity index (χ1) is 10.9. The molecule has 3 rings (SSSR count). The van der Waals surface area contributed by atoms with E-state index in [1.165, 1.54) is 18.2 Å². The van der Waals surface area contributed by atoms with Crippen molar-refractivity contribution >= 4 is 31.8 Å². The molecule has 0 radical (unpaired) electrons. The van der Waals surface area contributed by atoms with Crippen LogP contribution in [0.25, 0.3) is 6.08 Å². The molecule has 23 heavy (non-hydrogen) atoms. The van der Waals surface area contributed by atoms with Gasteiger partial charge in [0.15, 0.2) is 4.91 Å². The molecule has 1 aromatic carbocycles. The Morgan fingerprint density at radius 3 is 2.52 bits per heavy atom. The summed E-state index contributed by atoms with van der Waals surface area (Å²) in [6, 6.07) is 11.5. The summed E-state index contributed by atoms with van der Waals surface area (Å²) in [7, 11) is -3.85. The van der Waals surface area contributed by atoms with Crippen molar-refractivity contribution in [2.45, 2.75) is 24.2 Å². The highest BCUT2D eigenvalue weighted by atomic mass is 79.9. The van der Waals surface area contributed by atoms with Crippen LogP contribution in [0.5, 0.6) is 0 Å². The van der Waals surface area contributed by atoms with E-state index in [2.05, 4.69) is 22.9 Å². The van der Waals surface area contributed by atoms with Gasteiger partial charge in [-0.2, -0.15) is 5.26 Å². The van der Waals surface area contributed by atoms with Crippen molar-refractivity contribution in [2.24, 2.45) is 5.92 Å². The van der Waals surface area contributed by atoms with Crippen LogP contribution in [0, 0.1) is 17.2 Å². The van der Waals surface area contributed by atoms with Crippen molar-refractivity contribution in [3.63, 3.8) is 0 Å². The van der Waals surface area contributed by atoms with Gasteiger partial charge in [0.1, 0.15) is 17.6 Å². The quantitative estimate of drug-likeness (QED) is 0.718. The van der Waals surface area contributed by atoms with Gasteiger partial charge in [-0.3, -0.25) is 0 Å². The van der Waals surface area contributed by atoms with Crippen molar-refractivity contribution in [1.82, 2.24) is 0 Å². The van der Waals surface area contributed by atoms with Gasteiger partial charge in [-0.1, -0.05) is 22.9 Å². The highest BCUT2D eigenvalue weighted by molar-refractivity contribution is 9.10. The maximum Gasteiger partial charge on any atom is 0.216 e. The molecule has 0 unspecified atom stereocenters. The fourth-order valence-electron chi connectivity index (χ4n) is 2.40. The molecule has 0 bridgehead atoms. The van der Waals surface area contributed by atoms with E-state index in [9.17, 15) is 13.7 Å². The molecule has 1 saturated carbocycles. The van der Waals surface area contributed by atoms with Gasteiger partial charge in [0, 0.05) is 16.5 Å². The lowest BCUT2D eigenvalue weighted by molar-refractivity contribution is 0.497. The minimum absolute atomic E-state index is 0.0797. The van der Waals surface area contributed by atoms with Crippen molar-refractivity contribution < 1.29 is 12.8 Å². The summed E-state index contributed by atoms with van der Waals surface area (Å²) >= 11 is 3.26. The molecule has 2 atom stereocenters. The molecule has 0 aliphatic heterocycles. The maximum absolute atomic E-state index is 12.5. The van der Waals surface area contributed by atoms with E-state index in [-0.39, 0.29) is 9.80 Å². The molecule has 1 heterocycles. The van der Waals surface area contributed by atoms with E-state index in [0.29, 0.717) is 17.6 Å². The number of benzene rings is 1. The third-order valence-corrected chi connectivity index (χ3v) is 6.13. The Bertz CT molecular complexity index is 904. The van der Waals surface area contributed by atoms with Crippen LogP contribution in [0.2, 0.25) is 0 Å². The molecule has 1 fully saturated rings. The molecule has 0 spiro atoms. The van der Waals surface area contributed by atoms with Crippen molar-refractivity contribution in [3.05, 3.63) is 57.3 Å². The molecule has 0 amide bonds. The molecule has 1 aliphatic carbocycles. The Labute approximate surface area is 143 Å². The summed E-state index contributed by atoms with van der Waals surface area (Å²) in [5.74, 6) is 2.24. The summed E-state index contributed by atoms with van der Waals surface area (Å²) in [6.45, 7) is 2.14. The van der Waals surface area contributed by atoms with E-state index >= 15 is 0 Å². The zero-order valence-electron chi connectivity index (χ0n) is 12.4. The number of nitriles is 1. The lowest BCUT2D eigenvalue weighted by Gasteiger charge is -2.02. The number of nitrogens with zero attached hydrogens (tertiary/aromatic N) is 1. The Balaban J connectivity index is 1.93. The second-order valence-electron chi connectivity index (χ2n) is 5.64. The van der Waals surface area contributed by atoms with Gasteiger partial charge in [-0.25, -0.2) is 8.42 Å². The van der Waals surface area contributed by atoms with E-state index < -0.39 is 9.84 Å². The third-order valence-electron chi connectivity index (χ3n) is 3.92. The van der Waals surface area contributed by atoms with Gasteiger partial charge < -0.3 is 4.42 Å². The van der Waals surface area contributed by atoms with E-state index in [1.807, 2.05) is 6.07 Å². The van der Waals surface area contributed by atoms with E-state index in [1.54, 1.807) is 24.3 Å². The molecule has 1 aromatic heterocycles. The lowest BCUT2D eigenvalue weighted by atomic mass is 10.3. The molecule has 6 heteroatoms. The van der Waals surface area contributed by atoms with Crippen LogP contribution in [-0.4, -0.2) is 8.42 Å². The Morgan fingerprint density at radius 1 is 1.30 bits per heavy atom. The fraction of sp³-hybridized carbons (Fsp3) is 0.235. The number of sulfone groups is 1. The minimum atomic E-state index is -3.85. The average molecular weight is 392 g/mol. The average Bonchev–Trinajstić information content (AvgIpc) is 3.07. The highest BCUT2D eigenvalue weighted by Gasteiger charge is 2.36. The van der Waals surface area contributed by atoms with Gasteiger partial charge in [0.25, 0.3) is 0 Å². The summed E-state index contributed by atoms with van der Waals surface area (Å²) in [6.07, 6.45) is 2.37. The van der Waals surface area contributed by atoms with Crippen LogP contribution >= 0.6 is 15.9 Å². The van der Waals surface area contributed by atoms with Crippen LogP contribution in [0.1, 0.15) is 30.8 Å². The van der Waals surface area contributed by atoms with Gasteiger partial charge in [0.2, 0.25) is 9.84 Å². The molecule has 0 N–H and O–H groups in total. The Morgan fingerprint density at radius 2 is 1.96 bits per heavy atom. The molecular formula is C17H14BrNO3S. The number of halogens is 1. The number of hydrogen-bond acceptors (Lipinski definition) is 4. The van der Waals surface area contributed by atoms with Crippen molar-refractivity contribution in [1.29, 1.82) is 5.26 Å². The van der Waals surface area contributed by atoms with Crippen LogP contribution in [0.4, 0.5) is 0 Å². The zero-order chi connectivity index (χ0) is 16.6. The largest absolute Gasteiger partial charge is 0.461 e. The molecular weight excluding hydrogens is 378 g/mol. The smallest absolute Gasteiger partial charge is 0.216 e. The second kappa shape index (κ2) is 5.99. The predicted octanol–water partition coefficient (Wildman–Crippen LogP) is 4.50. The van der Waals surface area contributed by atoms with Gasteiger partial charge >= 0.3 is 0 Å². The number of rotatable bonds is 4. The normalized spacial score (nSPS) is 21.0. The van der Waals surface area contributed by atoms with Crippen LogP contribution < -0.4 is 0 Å². The fourth-order valence-corrected chi connectivity index (χ4v) is 3.81. The van der Waals surface area contributed by atoms with E-state index in [4.69, 9.17) is 4.42 Å². The van der Waals surface area contributed by atoms with Crippen LogP contribution in [0.3, 0.4) is 0 Å². The number of hydrogen-bond donors (Lipinski definition) is 0. The first-order valence-corrected chi connectivity index (χ1v) is 9.41. The second-order valence-corrected chi connectivity index (χ2v) is 8.47. The molecule has 4 nitrogen and oxygen atoms in total. The molecule has 118 valence electrons.